The molecular formula is C12H14BrN3O5S. The molecule has 0 spiro atoms. The number of rotatable bonds is 7. The van der Waals surface area contributed by atoms with Crippen molar-refractivity contribution in [1.82, 2.24) is 10.2 Å². The summed E-state index contributed by atoms with van der Waals surface area (Å²) in [5.74, 6) is -1.17. The van der Waals surface area contributed by atoms with Gasteiger partial charge in [0, 0.05) is 12.3 Å². The van der Waals surface area contributed by atoms with Crippen LogP contribution in [0.1, 0.15) is 0 Å². The van der Waals surface area contributed by atoms with Crippen molar-refractivity contribution in [2.45, 2.75) is 11.4 Å². The van der Waals surface area contributed by atoms with Gasteiger partial charge in [-0.05, 0) is 6.08 Å². The summed E-state index contributed by atoms with van der Waals surface area (Å²) >= 11 is 4.51. The third-order valence-electron chi connectivity index (χ3n) is 3.20. The Bertz CT molecular complexity index is 565. The molecule has 0 saturated carbocycles. The van der Waals surface area contributed by atoms with E-state index < -0.39 is 12.0 Å². The number of oxime groups is 1. The summed E-state index contributed by atoms with van der Waals surface area (Å²) in [7, 11) is 1.33. The third-order valence-corrected chi connectivity index (χ3v) is 4.89. The van der Waals surface area contributed by atoms with Crippen LogP contribution < -0.4 is 5.32 Å². The fourth-order valence-electron chi connectivity index (χ4n) is 2.17. The molecule has 1 fully saturated rings. The SMILES string of the molecule is CO/N=C(/CNC1C(=O)N2C(C(=O)O)=CCS[C@H]12)C(=O)CBr. The number of carboxylic acid groups (broad SMARTS) is 1. The van der Waals surface area contributed by atoms with E-state index in [2.05, 4.69) is 31.2 Å². The van der Waals surface area contributed by atoms with Crippen molar-refractivity contribution in [2.24, 2.45) is 5.16 Å². The van der Waals surface area contributed by atoms with E-state index in [1.807, 2.05) is 0 Å². The number of hydrogen-bond acceptors (Lipinski definition) is 7. The van der Waals surface area contributed by atoms with E-state index in [1.165, 1.54) is 29.8 Å². The highest BCUT2D eigenvalue weighted by molar-refractivity contribution is 9.09. The van der Waals surface area contributed by atoms with Crippen LogP contribution in [0.25, 0.3) is 0 Å². The molecule has 2 rings (SSSR count). The lowest BCUT2D eigenvalue weighted by Gasteiger charge is -2.48. The van der Waals surface area contributed by atoms with Gasteiger partial charge >= 0.3 is 5.97 Å². The third kappa shape index (κ3) is 3.18. The topological polar surface area (TPSA) is 108 Å². The minimum atomic E-state index is -1.12. The summed E-state index contributed by atoms with van der Waals surface area (Å²) < 4.78 is 0. The lowest BCUT2D eigenvalue weighted by Crippen LogP contribution is -2.70. The summed E-state index contributed by atoms with van der Waals surface area (Å²) in [6.07, 6.45) is 1.52. The number of nitrogens with zero attached hydrogens (tertiary/aromatic N) is 2. The highest BCUT2D eigenvalue weighted by atomic mass is 79.9. The number of hydrogen-bond donors (Lipinski definition) is 2. The van der Waals surface area contributed by atoms with Crippen LogP contribution in [-0.4, -0.2) is 69.5 Å². The normalized spacial score (nSPS) is 24.3. The van der Waals surface area contributed by atoms with Gasteiger partial charge in [-0.1, -0.05) is 21.1 Å². The van der Waals surface area contributed by atoms with E-state index in [9.17, 15) is 14.4 Å². The second-order valence-corrected chi connectivity index (χ2v) is 6.17. The number of carboxylic acids is 1. The number of β-lactam (4-membered cyclic amide) rings is 1. The molecule has 0 aromatic rings. The van der Waals surface area contributed by atoms with Gasteiger partial charge in [-0.15, -0.1) is 11.8 Å². The van der Waals surface area contributed by atoms with Gasteiger partial charge in [0.05, 0.1) is 5.33 Å². The van der Waals surface area contributed by atoms with Gasteiger partial charge in [-0.2, -0.15) is 0 Å². The highest BCUT2D eigenvalue weighted by Gasteiger charge is 2.51. The minimum absolute atomic E-state index is 0.00844. The number of fused-ring (bicyclic) bond motifs is 1. The monoisotopic (exact) mass is 391 g/mol. The Labute approximate surface area is 139 Å². The van der Waals surface area contributed by atoms with E-state index >= 15 is 0 Å². The first-order chi connectivity index (χ1) is 10.5. The minimum Gasteiger partial charge on any atom is -0.477 e. The van der Waals surface area contributed by atoms with Crippen LogP contribution in [0.2, 0.25) is 0 Å². The first-order valence-corrected chi connectivity index (χ1v) is 8.49. The Morgan fingerprint density at radius 2 is 2.36 bits per heavy atom. The standard InChI is InChI=1S/C12H14BrN3O5S/c1-21-15-6(8(17)4-13)5-14-9-10(18)16-7(12(19)20)2-3-22-11(9)16/h2,9,11,14H,3-5H2,1H3,(H,19,20)/b15-6-/t9?,11-/m1/s1. The number of aliphatic carboxylic acids is 1. The van der Waals surface area contributed by atoms with Crippen LogP contribution in [-0.2, 0) is 19.2 Å². The molecule has 2 N–H and O–H groups in total. The van der Waals surface area contributed by atoms with Gasteiger partial charge in [0.25, 0.3) is 0 Å². The molecule has 2 heterocycles. The predicted molar refractivity (Wildman–Crippen MR) is 83.8 cm³/mol. The van der Waals surface area contributed by atoms with Crippen molar-refractivity contribution in [1.29, 1.82) is 0 Å². The zero-order chi connectivity index (χ0) is 16.3. The zero-order valence-electron chi connectivity index (χ0n) is 11.6. The Morgan fingerprint density at radius 1 is 1.64 bits per heavy atom. The van der Waals surface area contributed by atoms with Crippen molar-refractivity contribution >= 4 is 51.1 Å². The quantitative estimate of drug-likeness (QED) is 0.267. The average Bonchev–Trinajstić information content (AvgIpc) is 2.52. The largest absolute Gasteiger partial charge is 0.477 e. The first-order valence-electron chi connectivity index (χ1n) is 6.32. The van der Waals surface area contributed by atoms with Crippen molar-refractivity contribution in [3.63, 3.8) is 0 Å². The van der Waals surface area contributed by atoms with Crippen molar-refractivity contribution in [2.75, 3.05) is 24.7 Å². The fraction of sp³-hybridized carbons (Fsp3) is 0.500. The molecular weight excluding hydrogens is 378 g/mol. The number of ketones is 1. The molecule has 0 bridgehead atoms. The van der Waals surface area contributed by atoms with Gasteiger partial charge in [-0.25, -0.2) is 4.79 Å². The molecule has 10 heteroatoms. The van der Waals surface area contributed by atoms with Gasteiger partial charge in [-0.3, -0.25) is 19.8 Å². The number of Topliss-reactive ketones (excluding diaryl/α,β-unsaturated/α-hetero) is 1. The predicted octanol–water partition coefficient (Wildman–Crippen LogP) is -0.205. The van der Waals surface area contributed by atoms with Crippen LogP contribution >= 0.6 is 27.7 Å². The lowest BCUT2D eigenvalue weighted by molar-refractivity contribution is -0.149. The molecule has 8 nitrogen and oxygen atoms in total. The fourth-order valence-corrected chi connectivity index (χ4v) is 3.72. The maximum absolute atomic E-state index is 12.1. The summed E-state index contributed by atoms with van der Waals surface area (Å²) in [5, 5.41) is 15.5. The summed E-state index contributed by atoms with van der Waals surface area (Å²) in [6, 6.07) is -0.543. The molecule has 1 unspecified atom stereocenters. The Kier molecular flexibility index (Phi) is 5.59. The van der Waals surface area contributed by atoms with Gasteiger partial charge in [0.1, 0.15) is 29.9 Å². The maximum atomic E-state index is 12.1. The van der Waals surface area contributed by atoms with E-state index in [0.717, 1.165) is 0 Å². The summed E-state index contributed by atoms with van der Waals surface area (Å²) in [6.45, 7) is 0.0751. The van der Waals surface area contributed by atoms with E-state index in [-0.39, 0.29) is 40.3 Å². The van der Waals surface area contributed by atoms with E-state index in [4.69, 9.17) is 5.11 Å². The molecule has 2 aliphatic heterocycles. The van der Waals surface area contributed by atoms with Crippen molar-refractivity contribution in [3.8, 4) is 0 Å². The van der Waals surface area contributed by atoms with Crippen LogP contribution in [0.5, 0.6) is 0 Å². The van der Waals surface area contributed by atoms with Crippen LogP contribution in [0.3, 0.4) is 0 Å². The van der Waals surface area contributed by atoms with Crippen molar-refractivity contribution < 1.29 is 24.3 Å². The number of carbonyl (C=O) groups is 3. The van der Waals surface area contributed by atoms with Crippen LogP contribution in [0, 0.1) is 0 Å². The van der Waals surface area contributed by atoms with E-state index in [1.54, 1.807) is 0 Å². The molecule has 0 aliphatic carbocycles. The van der Waals surface area contributed by atoms with Crippen LogP contribution in [0.4, 0.5) is 0 Å². The molecule has 120 valence electrons. The molecule has 1 amide bonds. The number of alkyl halides is 1. The molecule has 1 saturated heterocycles. The second kappa shape index (κ2) is 7.25. The molecule has 0 radical (unpaired) electrons. The Balaban J connectivity index is 2.00. The molecule has 2 atom stereocenters. The summed E-state index contributed by atoms with van der Waals surface area (Å²) in [5.41, 5.74) is 0.176. The second-order valence-electron chi connectivity index (χ2n) is 4.46. The molecule has 0 aromatic carbocycles. The first kappa shape index (κ1) is 17.0. The number of carbonyl (C=O) groups excluding carboxylic acids is 2. The lowest BCUT2D eigenvalue weighted by atomic mass is 10.0. The summed E-state index contributed by atoms with van der Waals surface area (Å²) in [4.78, 5) is 40.7. The van der Waals surface area contributed by atoms with E-state index in [0.29, 0.717) is 5.75 Å². The number of halogens is 1. The molecule has 0 aromatic heterocycles. The number of nitrogens with one attached hydrogen (secondary N) is 1. The number of thioether (sulfide) groups is 1. The molecule has 22 heavy (non-hydrogen) atoms. The maximum Gasteiger partial charge on any atom is 0.352 e. The zero-order valence-corrected chi connectivity index (χ0v) is 14.0. The Morgan fingerprint density at radius 3 is 2.95 bits per heavy atom. The average molecular weight is 392 g/mol. The smallest absolute Gasteiger partial charge is 0.352 e. The van der Waals surface area contributed by atoms with Gasteiger partial charge in [0.15, 0.2) is 5.78 Å². The Hall–Kier alpha value is -1.39. The van der Waals surface area contributed by atoms with Gasteiger partial charge in [0.2, 0.25) is 5.91 Å². The highest BCUT2D eigenvalue weighted by Crippen LogP contribution is 2.37. The van der Waals surface area contributed by atoms with Gasteiger partial charge < -0.3 is 9.94 Å². The number of amides is 1. The van der Waals surface area contributed by atoms with Crippen molar-refractivity contribution in [3.05, 3.63) is 11.8 Å². The molecule has 2 aliphatic rings. The van der Waals surface area contributed by atoms with Crippen LogP contribution in [0.15, 0.2) is 16.9 Å².